The molecule has 0 radical (unpaired) electrons. The fourth-order valence-electron chi connectivity index (χ4n) is 4.13. The molecule has 1 fully saturated rings. The Balaban J connectivity index is 1.35. The van der Waals surface area contributed by atoms with Crippen molar-refractivity contribution >= 4 is 5.91 Å². The summed E-state index contributed by atoms with van der Waals surface area (Å²) in [5.74, 6) is 1.82. The van der Waals surface area contributed by atoms with Gasteiger partial charge in [-0.1, -0.05) is 36.8 Å². The van der Waals surface area contributed by atoms with Crippen LogP contribution in [0.4, 0.5) is 0 Å². The molecule has 1 aromatic heterocycles. The number of ether oxygens (including phenoxy) is 2. The minimum atomic E-state index is 0.00678. The lowest BCUT2D eigenvalue weighted by molar-refractivity contribution is 0.0748. The van der Waals surface area contributed by atoms with Crippen LogP contribution in [0.25, 0.3) is 11.3 Å². The van der Waals surface area contributed by atoms with Crippen LogP contribution in [-0.4, -0.2) is 40.9 Å². The van der Waals surface area contributed by atoms with Crippen molar-refractivity contribution in [2.24, 2.45) is 0 Å². The van der Waals surface area contributed by atoms with E-state index in [1.54, 1.807) is 0 Å². The summed E-state index contributed by atoms with van der Waals surface area (Å²) in [5.41, 5.74) is 3.44. The number of carbonyl (C=O) groups is 1. The maximum Gasteiger partial charge on any atom is 0.271 e. The number of benzene rings is 2. The Morgan fingerprint density at radius 2 is 1.90 bits per heavy atom. The van der Waals surface area contributed by atoms with Gasteiger partial charge in [0, 0.05) is 24.6 Å². The van der Waals surface area contributed by atoms with E-state index in [4.69, 9.17) is 9.47 Å². The zero-order valence-corrected chi connectivity index (χ0v) is 16.1. The summed E-state index contributed by atoms with van der Waals surface area (Å²) in [6, 6.07) is 18.0. The van der Waals surface area contributed by atoms with Gasteiger partial charge in [-0.15, -0.1) is 0 Å². The standard InChI is InChI=1S/C23H23N3O3/c27-23(26-11-5-4-8-18(14-26)16-6-2-1-3-7-16)20-13-19(24-25-20)17-9-10-21-22(12-17)29-15-28-21/h1-3,6-7,9-10,12-13,18H,4-5,8,11,14-15H2,(H,24,25)/t18-/m0/s1. The quantitative estimate of drug-likeness (QED) is 0.728. The van der Waals surface area contributed by atoms with E-state index >= 15 is 0 Å². The zero-order valence-electron chi connectivity index (χ0n) is 16.1. The molecule has 0 saturated carbocycles. The lowest BCUT2D eigenvalue weighted by Crippen LogP contribution is -2.34. The average Bonchev–Trinajstić information content (AvgIpc) is 3.37. The molecule has 6 heteroatoms. The molecule has 2 aromatic carbocycles. The van der Waals surface area contributed by atoms with E-state index in [1.807, 2.05) is 35.2 Å². The highest BCUT2D eigenvalue weighted by Crippen LogP contribution is 2.35. The Morgan fingerprint density at radius 1 is 1.03 bits per heavy atom. The lowest BCUT2D eigenvalue weighted by atomic mass is 9.94. The molecule has 29 heavy (non-hydrogen) atoms. The number of nitrogens with one attached hydrogen (secondary N) is 1. The van der Waals surface area contributed by atoms with E-state index in [-0.39, 0.29) is 12.7 Å². The van der Waals surface area contributed by atoms with E-state index < -0.39 is 0 Å². The number of likely N-dealkylation sites (tertiary alicyclic amines) is 1. The Morgan fingerprint density at radius 3 is 2.79 bits per heavy atom. The van der Waals surface area contributed by atoms with E-state index in [1.165, 1.54) is 5.56 Å². The Bertz CT molecular complexity index is 1020. The van der Waals surface area contributed by atoms with Gasteiger partial charge >= 0.3 is 0 Å². The smallest absolute Gasteiger partial charge is 0.271 e. The van der Waals surface area contributed by atoms with Gasteiger partial charge in [0.2, 0.25) is 6.79 Å². The third-order valence-corrected chi connectivity index (χ3v) is 5.71. The highest BCUT2D eigenvalue weighted by Gasteiger charge is 2.25. The van der Waals surface area contributed by atoms with Crippen LogP contribution >= 0.6 is 0 Å². The molecule has 3 heterocycles. The van der Waals surface area contributed by atoms with Crippen LogP contribution in [0.3, 0.4) is 0 Å². The summed E-state index contributed by atoms with van der Waals surface area (Å²) in [5, 5.41) is 7.29. The van der Waals surface area contributed by atoms with Gasteiger partial charge in [-0.3, -0.25) is 9.89 Å². The van der Waals surface area contributed by atoms with Gasteiger partial charge in [-0.05, 0) is 42.7 Å². The van der Waals surface area contributed by atoms with Crippen LogP contribution in [0.15, 0.2) is 54.6 Å². The minimum absolute atomic E-state index is 0.00678. The summed E-state index contributed by atoms with van der Waals surface area (Å²) in [7, 11) is 0. The molecule has 0 bridgehead atoms. The summed E-state index contributed by atoms with van der Waals surface area (Å²) >= 11 is 0. The molecule has 1 saturated heterocycles. The highest BCUT2D eigenvalue weighted by atomic mass is 16.7. The number of fused-ring (bicyclic) bond motifs is 1. The SMILES string of the molecule is O=C(c1cc(-c2ccc3c(c2)OCO3)n[nH]1)N1CCCC[C@H](c2ccccc2)C1. The Hall–Kier alpha value is -3.28. The molecule has 0 unspecified atom stereocenters. The Kier molecular flexibility index (Phi) is 4.68. The molecule has 1 N–H and O–H groups in total. The summed E-state index contributed by atoms with van der Waals surface area (Å²) < 4.78 is 10.8. The number of aromatic nitrogens is 2. The van der Waals surface area contributed by atoms with Crippen molar-refractivity contribution in [3.63, 3.8) is 0 Å². The second kappa shape index (κ2) is 7.62. The number of rotatable bonds is 3. The summed E-state index contributed by atoms with van der Waals surface area (Å²) in [6.45, 7) is 1.75. The number of amides is 1. The predicted molar refractivity (Wildman–Crippen MR) is 109 cm³/mol. The molecular weight excluding hydrogens is 366 g/mol. The maximum absolute atomic E-state index is 13.2. The molecule has 3 aromatic rings. The average molecular weight is 389 g/mol. The summed E-state index contributed by atoms with van der Waals surface area (Å²) in [4.78, 5) is 15.1. The van der Waals surface area contributed by atoms with E-state index in [0.29, 0.717) is 17.4 Å². The number of hydrogen-bond donors (Lipinski definition) is 1. The van der Waals surface area contributed by atoms with Gasteiger partial charge in [0.1, 0.15) is 5.69 Å². The first kappa shape index (κ1) is 17.8. The topological polar surface area (TPSA) is 67.5 Å². The largest absolute Gasteiger partial charge is 0.454 e. The number of H-pyrrole nitrogens is 1. The molecule has 0 aliphatic carbocycles. The molecule has 6 nitrogen and oxygen atoms in total. The van der Waals surface area contributed by atoms with Crippen molar-refractivity contribution in [3.05, 3.63) is 65.9 Å². The highest BCUT2D eigenvalue weighted by molar-refractivity contribution is 5.93. The van der Waals surface area contributed by atoms with Gasteiger partial charge in [0.25, 0.3) is 5.91 Å². The molecule has 2 aliphatic rings. The monoisotopic (exact) mass is 389 g/mol. The van der Waals surface area contributed by atoms with Crippen LogP contribution < -0.4 is 9.47 Å². The Labute approximate surface area is 169 Å². The first-order valence-electron chi connectivity index (χ1n) is 10.1. The summed E-state index contributed by atoms with van der Waals surface area (Å²) in [6.07, 6.45) is 3.27. The lowest BCUT2D eigenvalue weighted by Gasteiger charge is -2.24. The van der Waals surface area contributed by atoms with Gasteiger partial charge in [0.05, 0.1) is 5.69 Å². The molecule has 1 amide bonds. The minimum Gasteiger partial charge on any atom is -0.454 e. The van der Waals surface area contributed by atoms with E-state index in [2.05, 4.69) is 34.5 Å². The fourth-order valence-corrected chi connectivity index (χ4v) is 4.13. The van der Waals surface area contributed by atoms with Crippen LogP contribution in [-0.2, 0) is 0 Å². The number of aromatic amines is 1. The van der Waals surface area contributed by atoms with Crippen molar-refractivity contribution < 1.29 is 14.3 Å². The molecule has 2 aliphatic heterocycles. The van der Waals surface area contributed by atoms with Crippen LogP contribution in [0.1, 0.15) is 41.2 Å². The van der Waals surface area contributed by atoms with Gasteiger partial charge in [0.15, 0.2) is 11.5 Å². The van der Waals surface area contributed by atoms with Crippen molar-refractivity contribution in [2.75, 3.05) is 19.9 Å². The fraction of sp³-hybridized carbons (Fsp3) is 0.304. The van der Waals surface area contributed by atoms with Gasteiger partial charge < -0.3 is 14.4 Å². The predicted octanol–water partition coefficient (Wildman–Crippen LogP) is 4.22. The molecule has 0 spiro atoms. The van der Waals surface area contributed by atoms with Crippen molar-refractivity contribution in [2.45, 2.75) is 25.2 Å². The maximum atomic E-state index is 13.2. The number of carbonyl (C=O) groups excluding carboxylic acids is 1. The normalized spacial score (nSPS) is 18.5. The number of hydrogen-bond acceptors (Lipinski definition) is 4. The van der Waals surface area contributed by atoms with E-state index in [0.717, 1.165) is 49.4 Å². The third-order valence-electron chi connectivity index (χ3n) is 5.71. The molecular formula is C23H23N3O3. The molecule has 148 valence electrons. The van der Waals surface area contributed by atoms with Crippen molar-refractivity contribution in [1.82, 2.24) is 15.1 Å². The van der Waals surface area contributed by atoms with E-state index in [9.17, 15) is 4.79 Å². The zero-order chi connectivity index (χ0) is 19.6. The first-order chi connectivity index (χ1) is 14.3. The van der Waals surface area contributed by atoms with Crippen LogP contribution in [0, 0.1) is 0 Å². The van der Waals surface area contributed by atoms with Gasteiger partial charge in [-0.25, -0.2) is 0 Å². The molecule has 5 rings (SSSR count). The molecule has 1 atom stereocenters. The number of nitrogens with zero attached hydrogens (tertiary/aromatic N) is 2. The second-order valence-corrected chi connectivity index (χ2v) is 7.59. The van der Waals surface area contributed by atoms with Crippen LogP contribution in [0.5, 0.6) is 11.5 Å². The first-order valence-corrected chi connectivity index (χ1v) is 10.1. The van der Waals surface area contributed by atoms with Gasteiger partial charge in [-0.2, -0.15) is 5.10 Å². The second-order valence-electron chi connectivity index (χ2n) is 7.59. The van der Waals surface area contributed by atoms with Crippen molar-refractivity contribution in [3.8, 4) is 22.8 Å². The van der Waals surface area contributed by atoms with Crippen molar-refractivity contribution in [1.29, 1.82) is 0 Å². The third kappa shape index (κ3) is 3.58. The van der Waals surface area contributed by atoms with Crippen LogP contribution in [0.2, 0.25) is 0 Å².